The molecule has 0 aromatic carbocycles. The third-order valence-corrected chi connectivity index (χ3v) is 4.70. The first-order valence-corrected chi connectivity index (χ1v) is 10.8. The van der Waals surface area contributed by atoms with Crippen molar-refractivity contribution >= 4 is 47.3 Å². The molecule has 5 amide bonds. The van der Waals surface area contributed by atoms with Gasteiger partial charge in [0.25, 0.3) is 0 Å². The highest BCUT2D eigenvalue weighted by molar-refractivity contribution is 7.98. The Bertz CT molecular complexity index is 675. The standard InChI is InChI=1S/C17H30N6O7S/c1-31-7-6-11(17(29)30)23-16(28)10(3-5-13(20)25)22-15(27)9(2-4-12(19)24)21-14(26)8-18/h9-11H,2-8,18H2,1H3,(H2,19,24)(H2,20,25)(H,21,26)(H,22,27)(H,23,28)(H,29,30). The highest BCUT2D eigenvalue weighted by Crippen LogP contribution is 2.05. The van der Waals surface area contributed by atoms with E-state index in [4.69, 9.17) is 17.2 Å². The molecule has 3 unspecified atom stereocenters. The summed E-state index contributed by atoms with van der Waals surface area (Å²) in [5.74, 6) is -4.56. The van der Waals surface area contributed by atoms with Gasteiger partial charge in [-0.25, -0.2) is 4.79 Å². The van der Waals surface area contributed by atoms with Gasteiger partial charge >= 0.3 is 5.97 Å². The van der Waals surface area contributed by atoms with E-state index in [1.165, 1.54) is 11.8 Å². The van der Waals surface area contributed by atoms with Gasteiger partial charge < -0.3 is 38.3 Å². The molecule has 0 aromatic rings. The monoisotopic (exact) mass is 462 g/mol. The molecule has 176 valence electrons. The Morgan fingerprint density at radius 1 is 0.806 bits per heavy atom. The minimum absolute atomic E-state index is 0.145. The molecule has 0 aliphatic carbocycles. The van der Waals surface area contributed by atoms with E-state index in [2.05, 4.69) is 16.0 Å². The lowest BCUT2D eigenvalue weighted by Gasteiger charge is -2.24. The minimum Gasteiger partial charge on any atom is -0.480 e. The van der Waals surface area contributed by atoms with Crippen LogP contribution in [0, 0.1) is 0 Å². The molecule has 0 fully saturated rings. The van der Waals surface area contributed by atoms with Gasteiger partial charge in [0.05, 0.1) is 6.54 Å². The average molecular weight is 463 g/mol. The number of aliphatic carboxylic acids is 1. The van der Waals surface area contributed by atoms with Gasteiger partial charge in [-0.3, -0.25) is 24.0 Å². The molecule has 0 radical (unpaired) electrons. The first kappa shape index (κ1) is 28.1. The molecule has 0 saturated carbocycles. The van der Waals surface area contributed by atoms with Crippen LogP contribution in [0.25, 0.3) is 0 Å². The van der Waals surface area contributed by atoms with E-state index in [-0.39, 0.29) is 32.1 Å². The average Bonchev–Trinajstić information content (AvgIpc) is 2.70. The summed E-state index contributed by atoms with van der Waals surface area (Å²) in [5, 5.41) is 16.3. The smallest absolute Gasteiger partial charge is 0.326 e. The van der Waals surface area contributed by atoms with E-state index < -0.39 is 60.2 Å². The van der Waals surface area contributed by atoms with Gasteiger partial charge in [0.1, 0.15) is 18.1 Å². The molecule has 0 aliphatic heterocycles. The van der Waals surface area contributed by atoms with Crippen molar-refractivity contribution in [1.29, 1.82) is 0 Å². The summed E-state index contributed by atoms with van der Waals surface area (Å²) in [6.45, 7) is -0.415. The number of nitrogens with one attached hydrogen (secondary N) is 3. The fourth-order valence-electron chi connectivity index (χ4n) is 2.40. The second-order valence-electron chi connectivity index (χ2n) is 6.58. The molecule has 31 heavy (non-hydrogen) atoms. The van der Waals surface area contributed by atoms with Crippen LogP contribution in [0.5, 0.6) is 0 Å². The van der Waals surface area contributed by atoms with Crippen LogP contribution in [0.4, 0.5) is 0 Å². The van der Waals surface area contributed by atoms with Crippen LogP contribution in [-0.2, 0) is 28.8 Å². The van der Waals surface area contributed by atoms with E-state index in [1.54, 1.807) is 6.26 Å². The van der Waals surface area contributed by atoms with E-state index in [9.17, 15) is 33.9 Å². The fraction of sp³-hybridized carbons (Fsp3) is 0.647. The molecule has 10 N–H and O–H groups in total. The third-order valence-electron chi connectivity index (χ3n) is 4.05. The molecule has 0 saturated heterocycles. The largest absolute Gasteiger partial charge is 0.480 e. The molecule has 0 aliphatic rings. The van der Waals surface area contributed by atoms with Crippen LogP contribution in [0.2, 0.25) is 0 Å². The molecule has 0 rings (SSSR count). The number of amides is 5. The molecular formula is C17H30N6O7S. The van der Waals surface area contributed by atoms with Crippen molar-refractivity contribution < 1.29 is 33.9 Å². The van der Waals surface area contributed by atoms with E-state index in [1.807, 2.05) is 0 Å². The van der Waals surface area contributed by atoms with Crippen molar-refractivity contribution in [3.8, 4) is 0 Å². The molecule has 0 aromatic heterocycles. The summed E-state index contributed by atoms with van der Waals surface area (Å²) in [6.07, 6.45) is 1.08. The van der Waals surface area contributed by atoms with Crippen LogP contribution in [0.15, 0.2) is 0 Å². The number of rotatable bonds is 16. The molecule has 13 nitrogen and oxygen atoms in total. The SMILES string of the molecule is CSCCC(NC(=O)C(CCC(N)=O)NC(=O)C(CCC(N)=O)NC(=O)CN)C(=O)O. The Morgan fingerprint density at radius 2 is 1.26 bits per heavy atom. The van der Waals surface area contributed by atoms with Crippen LogP contribution in [0.1, 0.15) is 32.1 Å². The highest BCUT2D eigenvalue weighted by Gasteiger charge is 2.29. The minimum atomic E-state index is -1.30. The maximum absolute atomic E-state index is 12.6. The van der Waals surface area contributed by atoms with Gasteiger partial charge in [-0.2, -0.15) is 11.8 Å². The van der Waals surface area contributed by atoms with Crippen LogP contribution >= 0.6 is 11.8 Å². The number of carboxylic acids is 1. The van der Waals surface area contributed by atoms with Crippen LogP contribution in [0.3, 0.4) is 0 Å². The summed E-state index contributed by atoms with van der Waals surface area (Å²) in [5.41, 5.74) is 15.4. The Labute approximate surface area is 183 Å². The van der Waals surface area contributed by atoms with Crippen molar-refractivity contribution in [1.82, 2.24) is 16.0 Å². The summed E-state index contributed by atoms with van der Waals surface area (Å²) < 4.78 is 0. The molecule has 0 bridgehead atoms. The lowest BCUT2D eigenvalue weighted by Crippen LogP contribution is -2.56. The van der Waals surface area contributed by atoms with Gasteiger partial charge in [-0.1, -0.05) is 0 Å². The number of carbonyl (C=O) groups excluding carboxylic acids is 5. The second kappa shape index (κ2) is 15.0. The first-order valence-electron chi connectivity index (χ1n) is 9.40. The lowest BCUT2D eigenvalue weighted by molar-refractivity contribution is -0.142. The maximum atomic E-state index is 12.6. The number of nitrogens with two attached hydrogens (primary N) is 3. The Kier molecular flexibility index (Phi) is 13.6. The number of thioether (sulfide) groups is 1. The number of hydrogen-bond acceptors (Lipinski definition) is 8. The first-order chi connectivity index (χ1) is 14.5. The zero-order valence-electron chi connectivity index (χ0n) is 17.2. The summed E-state index contributed by atoms with van der Waals surface area (Å²) in [4.78, 5) is 70.4. The number of hydrogen-bond donors (Lipinski definition) is 7. The van der Waals surface area contributed by atoms with Crippen molar-refractivity contribution in [2.45, 2.75) is 50.2 Å². The van der Waals surface area contributed by atoms with Crippen LogP contribution in [-0.4, -0.2) is 77.3 Å². The highest BCUT2D eigenvalue weighted by atomic mass is 32.2. The third kappa shape index (κ3) is 12.4. The molecule has 0 spiro atoms. The maximum Gasteiger partial charge on any atom is 0.326 e. The molecule has 0 heterocycles. The van der Waals surface area contributed by atoms with Gasteiger partial charge in [0.2, 0.25) is 29.5 Å². The lowest BCUT2D eigenvalue weighted by atomic mass is 10.1. The Balaban J connectivity index is 5.41. The van der Waals surface area contributed by atoms with Gasteiger partial charge in [-0.05, 0) is 31.3 Å². The quantitative estimate of drug-likeness (QED) is 0.122. The fourth-order valence-corrected chi connectivity index (χ4v) is 2.87. The van der Waals surface area contributed by atoms with Crippen molar-refractivity contribution in [2.24, 2.45) is 17.2 Å². The summed E-state index contributed by atoms with van der Waals surface area (Å²) in [6, 6.07) is -3.73. The zero-order chi connectivity index (χ0) is 24.0. The summed E-state index contributed by atoms with van der Waals surface area (Å²) in [7, 11) is 0. The van der Waals surface area contributed by atoms with Crippen LogP contribution < -0.4 is 33.2 Å². The molecular weight excluding hydrogens is 432 g/mol. The van der Waals surface area contributed by atoms with E-state index >= 15 is 0 Å². The van der Waals surface area contributed by atoms with E-state index in [0.717, 1.165) is 0 Å². The van der Waals surface area contributed by atoms with Crippen molar-refractivity contribution in [3.05, 3.63) is 0 Å². The molecule has 14 heteroatoms. The van der Waals surface area contributed by atoms with Crippen molar-refractivity contribution in [3.63, 3.8) is 0 Å². The van der Waals surface area contributed by atoms with Gasteiger partial charge in [0, 0.05) is 12.8 Å². The number of primary amides is 2. The Hall–Kier alpha value is -2.87. The predicted octanol–water partition coefficient (Wildman–Crippen LogP) is -3.23. The summed E-state index contributed by atoms with van der Waals surface area (Å²) >= 11 is 1.39. The number of carboxylic acid groups (broad SMARTS) is 1. The van der Waals surface area contributed by atoms with E-state index in [0.29, 0.717) is 5.75 Å². The molecule has 3 atom stereocenters. The Morgan fingerprint density at radius 3 is 1.65 bits per heavy atom. The normalized spacial score (nSPS) is 13.4. The second-order valence-corrected chi connectivity index (χ2v) is 7.56. The zero-order valence-corrected chi connectivity index (χ0v) is 18.0. The van der Waals surface area contributed by atoms with Crippen molar-refractivity contribution in [2.75, 3.05) is 18.6 Å². The topological polar surface area (TPSA) is 237 Å². The number of carbonyl (C=O) groups is 6. The predicted molar refractivity (Wildman–Crippen MR) is 112 cm³/mol. The van der Waals surface area contributed by atoms with Gasteiger partial charge in [0.15, 0.2) is 0 Å². The van der Waals surface area contributed by atoms with Gasteiger partial charge in [-0.15, -0.1) is 0 Å².